The van der Waals surface area contributed by atoms with E-state index < -0.39 is 0 Å². The minimum atomic E-state index is -0.308. The Labute approximate surface area is 137 Å². The minimum Gasteiger partial charge on any atom is -0.385 e. The molecule has 0 amide bonds. The molecule has 0 N–H and O–H groups in total. The largest absolute Gasteiger partial charge is 0.385 e. The van der Waals surface area contributed by atoms with Gasteiger partial charge in [-0.3, -0.25) is 0 Å². The van der Waals surface area contributed by atoms with Gasteiger partial charge in [-0.15, -0.1) is 0 Å². The Hall–Kier alpha value is -0.160. The van der Waals surface area contributed by atoms with Gasteiger partial charge in [-0.1, -0.05) is 20.8 Å². The molecule has 0 atom stereocenters. The average Bonchev–Trinajstić information content (AvgIpc) is 2.37. The Morgan fingerprint density at radius 1 is 0.636 bits per heavy atom. The van der Waals surface area contributed by atoms with Crippen LogP contribution in [0, 0.1) is 5.41 Å². The quantitative estimate of drug-likeness (QED) is 0.508. The van der Waals surface area contributed by atoms with E-state index in [1.807, 2.05) is 0 Å². The van der Waals surface area contributed by atoms with Gasteiger partial charge in [0.1, 0.15) is 0 Å². The maximum atomic E-state index is 5.97. The summed E-state index contributed by atoms with van der Waals surface area (Å²) in [7, 11) is 1.71. The summed E-state index contributed by atoms with van der Waals surface area (Å²) < 4.78 is 22.6. The van der Waals surface area contributed by atoms with Crippen molar-refractivity contribution in [3.05, 3.63) is 0 Å². The molecule has 0 spiro atoms. The Balaban J connectivity index is 3.81. The van der Waals surface area contributed by atoms with Gasteiger partial charge in [-0.25, -0.2) is 0 Å². The summed E-state index contributed by atoms with van der Waals surface area (Å²) in [5.41, 5.74) is -0.181. The molecule has 22 heavy (non-hydrogen) atoms. The van der Waals surface area contributed by atoms with Crippen LogP contribution in [0.4, 0.5) is 0 Å². The lowest BCUT2D eigenvalue weighted by molar-refractivity contribution is -0.132. The second-order valence-corrected chi connectivity index (χ2v) is 8.32. The van der Waals surface area contributed by atoms with Crippen LogP contribution in [-0.4, -0.2) is 51.3 Å². The fraction of sp³-hybridized carbons (Fsp3) is 1.00. The second kappa shape index (κ2) is 9.86. The molecule has 0 bridgehead atoms. The van der Waals surface area contributed by atoms with Crippen molar-refractivity contribution in [2.75, 3.05) is 40.1 Å². The molecule has 0 aromatic rings. The Kier molecular flexibility index (Phi) is 9.79. The zero-order chi connectivity index (χ0) is 17.3. The zero-order valence-corrected chi connectivity index (χ0v) is 16.1. The number of hydrogen-bond donors (Lipinski definition) is 0. The smallest absolute Gasteiger partial charge is 0.0860 e. The highest BCUT2D eigenvalue weighted by molar-refractivity contribution is 4.74. The molecule has 0 radical (unpaired) electrons. The number of rotatable bonds is 12. The molecule has 4 heteroatoms. The van der Waals surface area contributed by atoms with Gasteiger partial charge < -0.3 is 18.9 Å². The highest BCUT2D eigenvalue weighted by Gasteiger charge is 2.25. The van der Waals surface area contributed by atoms with E-state index in [1.54, 1.807) is 7.11 Å². The van der Waals surface area contributed by atoms with Gasteiger partial charge in [0.15, 0.2) is 0 Å². The van der Waals surface area contributed by atoms with Gasteiger partial charge in [0.05, 0.1) is 31.0 Å². The molecule has 0 heterocycles. The van der Waals surface area contributed by atoms with Gasteiger partial charge in [-0.2, -0.15) is 0 Å². The van der Waals surface area contributed by atoms with E-state index in [0.29, 0.717) is 31.8 Å². The summed E-state index contributed by atoms with van der Waals surface area (Å²) in [6, 6.07) is 0. The standard InChI is InChI=1S/C18H38O4/c1-16(2,3)9-12-20-13-14-21-18(6,7)15-22-17(4,5)10-11-19-8/h9-15H2,1-8H3. The van der Waals surface area contributed by atoms with Crippen molar-refractivity contribution in [2.24, 2.45) is 5.41 Å². The monoisotopic (exact) mass is 318 g/mol. The van der Waals surface area contributed by atoms with Crippen LogP contribution in [0.3, 0.4) is 0 Å². The van der Waals surface area contributed by atoms with E-state index in [9.17, 15) is 0 Å². The SMILES string of the molecule is COCCC(C)(C)OCC(C)(C)OCCOCCC(C)(C)C. The highest BCUT2D eigenvalue weighted by Crippen LogP contribution is 2.20. The number of ether oxygens (including phenoxy) is 4. The minimum absolute atomic E-state index is 0.195. The Morgan fingerprint density at radius 2 is 1.27 bits per heavy atom. The fourth-order valence-electron chi connectivity index (χ4n) is 1.69. The van der Waals surface area contributed by atoms with Crippen molar-refractivity contribution >= 4 is 0 Å². The lowest BCUT2D eigenvalue weighted by atomic mass is 9.93. The third-order valence-corrected chi connectivity index (χ3v) is 3.44. The van der Waals surface area contributed by atoms with Gasteiger partial charge in [-0.05, 0) is 46.0 Å². The molecule has 0 fully saturated rings. The summed E-state index contributed by atoms with van der Waals surface area (Å²) >= 11 is 0. The topological polar surface area (TPSA) is 36.9 Å². The summed E-state index contributed by atoms with van der Waals surface area (Å²) in [5, 5.41) is 0. The van der Waals surface area contributed by atoms with Crippen molar-refractivity contribution in [1.82, 2.24) is 0 Å². The van der Waals surface area contributed by atoms with Crippen LogP contribution in [0.1, 0.15) is 61.3 Å². The summed E-state index contributed by atoms with van der Waals surface area (Å²) in [4.78, 5) is 0. The van der Waals surface area contributed by atoms with Gasteiger partial charge >= 0.3 is 0 Å². The molecular formula is C18H38O4. The molecule has 0 aromatic heterocycles. The molecule has 0 aliphatic carbocycles. The predicted octanol–water partition coefficient (Wildman–Crippen LogP) is 4.07. The lowest BCUT2D eigenvalue weighted by Crippen LogP contribution is -2.37. The summed E-state index contributed by atoms with van der Waals surface area (Å²) in [5.74, 6) is 0. The molecular weight excluding hydrogens is 280 g/mol. The Bertz CT molecular complexity index is 279. The second-order valence-electron chi connectivity index (χ2n) is 8.32. The Morgan fingerprint density at radius 3 is 1.82 bits per heavy atom. The van der Waals surface area contributed by atoms with E-state index in [0.717, 1.165) is 19.4 Å². The van der Waals surface area contributed by atoms with Crippen LogP contribution >= 0.6 is 0 Å². The zero-order valence-electron chi connectivity index (χ0n) is 16.1. The van der Waals surface area contributed by atoms with Gasteiger partial charge in [0.25, 0.3) is 0 Å². The number of hydrogen-bond acceptors (Lipinski definition) is 4. The molecule has 0 aliphatic heterocycles. The van der Waals surface area contributed by atoms with Crippen LogP contribution in [0.25, 0.3) is 0 Å². The van der Waals surface area contributed by atoms with Crippen LogP contribution in [0.2, 0.25) is 0 Å². The summed E-state index contributed by atoms with van der Waals surface area (Å²) in [6.07, 6.45) is 1.93. The normalized spacial score (nSPS) is 13.6. The summed E-state index contributed by atoms with van der Waals surface area (Å²) in [6.45, 7) is 18.2. The van der Waals surface area contributed by atoms with Crippen molar-refractivity contribution in [2.45, 2.75) is 72.5 Å². The molecule has 134 valence electrons. The van der Waals surface area contributed by atoms with Gasteiger partial charge in [0, 0.05) is 20.3 Å². The molecule has 0 unspecified atom stereocenters. The molecule has 0 aromatic carbocycles. The maximum Gasteiger partial charge on any atom is 0.0860 e. The first-order valence-electron chi connectivity index (χ1n) is 8.32. The van der Waals surface area contributed by atoms with Crippen LogP contribution in [0.5, 0.6) is 0 Å². The van der Waals surface area contributed by atoms with E-state index in [4.69, 9.17) is 18.9 Å². The van der Waals surface area contributed by atoms with E-state index in [1.165, 1.54) is 0 Å². The maximum absolute atomic E-state index is 5.97. The lowest BCUT2D eigenvalue weighted by Gasteiger charge is -2.32. The number of methoxy groups -OCH3 is 1. The first-order valence-corrected chi connectivity index (χ1v) is 8.32. The van der Waals surface area contributed by atoms with Crippen LogP contribution in [-0.2, 0) is 18.9 Å². The molecule has 0 saturated carbocycles. The molecule has 0 aliphatic rings. The average molecular weight is 318 g/mol. The fourth-order valence-corrected chi connectivity index (χ4v) is 1.69. The van der Waals surface area contributed by atoms with Crippen molar-refractivity contribution < 1.29 is 18.9 Å². The van der Waals surface area contributed by atoms with E-state index in [2.05, 4.69) is 48.5 Å². The predicted molar refractivity (Wildman–Crippen MR) is 91.4 cm³/mol. The molecule has 4 nitrogen and oxygen atoms in total. The highest BCUT2D eigenvalue weighted by atomic mass is 16.6. The van der Waals surface area contributed by atoms with Crippen molar-refractivity contribution in [3.8, 4) is 0 Å². The van der Waals surface area contributed by atoms with Crippen LogP contribution in [0.15, 0.2) is 0 Å². The van der Waals surface area contributed by atoms with E-state index >= 15 is 0 Å². The third-order valence-electron chi connectivity index (χ3n) is 3.44. The molecule has 0 rings (SSSR count). The van der Waals surface area contributed by atoms with E-state index in [-0.39, 0.29) is 11.2 Å². The first-order chi connectivity index (χ1) is 9.97. The molecule has 0 saturated heterocycles. The first kappa shape index (κ1) is 21.8. The van der Waals surface area contributed by atoms with Crippen molar-refractivity contribution in [3.63, 3.8) is 0 Å². The third kappa shape index (κ3) is 13.5. The van der Waals surface area contributed by atoms with Crippen LogP contribution < -0.4 is 0 Å². The van der Waals surface area contributed by atoms with Gasteiger partial charge in [0.2, 0.25) is 0 Å². The van der Waals surface area contributed by atoms with Crippen molar-refractivity contribution in [1.29, 1.82) is 0 Å².